The molecule has 0 saturated carbocycles. The Morgan fingerprint density at radius 2 is 2.35 bits per heavy atom. The van der Waals surface area contributed by atoms with E-state index < -0.39 is 0 Å². The lowest BCUT2D eigenvalue weighted by molar-refractivity contribution is 0.489. The minimum atomic E-state index is -0.105. The number of rotatable bonds is 5. The summed E-state index contributed by atoms with van der Waals surface area (Å²) in [6.45, 7) is 0. The first-order chi connectivity index (χ1) is 8.33. The van der Waals surface area contributed by atoms with Gasteiger partial charge in [0.15, 0.2) is 5.58 Å². The molecule has 1 aromatic carbocycles. The predicted octanol–water partition coefficient (Wildman–Crippen LogP) is 2.42. The number of aromatic nitrogens is 1. The van der Waals surface area contributed by atoms with Crippen molar-refractivity contribution in [2.75, 3.05) is 12.8 Å². The normalized spacial score (nSPS) is 12.5. The quantitative estimate of drug-likeness (QED) is 0.822. The fourth-order valence-corrected chi connectivity index (χ4v) is 2.29. The highest BCUT2D eigenvalue weighted by Gasteiger charge is 2.08. The first kappa shape index (κ1) is 12.0. The molecule has 0 bridgehead atoms. The summed E-state index contributed by atoms with van der Waals surface area (Å²) in [5.74, 6) is 0.811. The van der Waals surface area contributed by atoms with Gasteiger partial charge in [-0.15, -0.1) is 0 Å². The highest BCUT2D eigenvalue weighted by Crippen LogP contribution is 2.23. The Kier molecular flexibility index (Phi) is 4.02. The number of para-hydroxylation sites is 2. The topological polar surface area (TPSA) is 61.9 Å². The van der Waals surface area contributed by atoms with Crippen molar-refractivity contribution in [2.24, 2.45) is 0 Å². The van der Waals surface area contributed by atoms with Crippen molar-refractivity contribution in [2.45, 2.75) is 17.7 Å². The molecule has 1 aromatic heterocycles. The molecular weight excluding hydrogens is 234 g/mol. The van der Waals surface area contributed by atoms with E-state index in [-0.39, 0.29) is 6.04 Å². The van der Waals surface area contributed by atoms with Gasteiger partial charge < -0.3 is 9.73 Å². The van der Waals surface area contributed by atoms with Gasteiger partial charge in [0.05, 0.1) is 12.1 Å². The van der Waals surface area contributed by atoms with E-state index in [0.717, 1.165) is 23.3 Å². The number of hydrogen-bond acceptors (Lipinski definition) is 5. The number of benzene rings is 1. The van der Waals surface area contributed by atoms with Crippen LogP contribution in [-0.4, -0.2) is 23.8 Å². The van der Waals surface area contributed by atoms with Gasteiger partial charge in [0, 0.05) is 5.75 Å². The van der Waals surface area contributed by atoms with Crippen LogP contribution in [0.5, 0.6) is 0 Å². The van der Waals surface area contributed by atoms with Gasteiger partial charge in [0.1, 0.15) is 5.52 Å². The summed E-state index contributed by atoms with van der Waals surface area (Å²) in [5, 5.41) is 12.4. The zero-order chi connectivity index (χ0) is 12.1. The minimum Gasteiger partial charge on any atom is -0.431 e. The molecule has 88 valence electrons. The second-order valence-electron chi connectivity index (χ2n) is 3.55. The van der Waals surface area contributed by atoms with Gasteiger partial charge in [-0.05, 0) is 25.6 Å². The molecule has 0 saturated heterocycles. The third-order valence-corrected chi connectivity index (χ3v) is 3.27. The minimum absolute atomic E-state index is 0.105. The van der Waals surface area contributed by atoms with Crippen LogP contribution in [0.15, 0.2) is 33.9 Å². The fourth-order valence-electron chi connectivity index (χ4n) is 1.45. The van der Waals surface area contributed by atoms with Crippen molar-refractivity contribution < 1.29 is 4.42 Å². The summed E-state index contributed by atoms with van der Waals surface area (Å²) in [4.78, 5) is 4.35. The third kappa shape index (κ3) is 2.99. The number of hydrogen-bond donors (Lipinski definition) is 1. The molecule has 1 heterocycles. The maximum Gasteiger partial charge on any atom is 0.256 e. The first-order valence-corrected chi connectivity index (χ1v) is 6.37. The first-order valence-electron chi connectivity index (χ1n) is 5.38. The van der Waals surface area contributed by atoms with Crippen LogP contribution in [0.4, 0.5) is 0 Å². The highest BCUT2D eigenvalue weighted by molar-refractivity contribution is 7.99. The van der Waals surface area contributed by atoms with Crippen LogP contribution in [0.25, 0.3) is 11.1 Å². The smallest absolute Gasteiger partial charge is 0.256 e. The molecule has 0 aliphatic rings. The Bertz CT molecular complexity index is 499. The van der Waals surface area contributed by atoms with Gasteiger partial charge in [-0.25, -0.2) is 4.98 Å². The molecule has 1 unspecified atom stereocenters. The molecule has 2 aromatic rings. The van der Waals surface area contributed by atoms with Crippen molar-refractivity contribution in [1.82, 2.24) is 10.3 Å². The SMILES string of the molecule is CNC(C#N)CCSc1nc2ccccc2o1. The lowest BCUT2D eigenvalue weighted by Gasteiger charge is -2.04. The fraction of sp³-hybridized carbons (Fsp3) is 0.333. The Morgan fingerprint density at radius 1 is 1.53 bits per heavy atom. The molecule has 0 radical (unpaired) electrons. The van der Waals surface area contributed by atoms with E-state index in [0.29, 0.717) is 5.22 Å². The zero-order valence-electron chi connectivity index (χ0n) is 9.51. The standard InChI is InChI=1S/C12H13N3OS/c1-14-9(8-13)6-7-17-12-15-10-4-2-3-5-11(10)16-12/h2-5,9,14H,6-7H2,1H3. The van der Waals surface area contributed by atoms with Gasteiger partial charge in [0.25, 0.3) is 5.22 Å². The van der Waals surface area contributed by atoms with E-state index in [1.54, 1.807) is 7.05 Å². The van der Waals surface area contributed by atoms with Crippen molar-refractivity contribution >= 4 is 22.9 Å². The van der Waals surface area contributed by atoms with Gasteiger partial charge in [-0.3, -0.25) is 0 Å². The molecule has 4 nitrogen and oxygen atoms in total. The van der Waals surface area contributed by atoms with Crippen molar-refractivity contribution in [3.8, 4) is 6.07 Å². The molecule has 0 aliphatic heterocycles. The van der Waals surface area contributed by atoms with Crippen LogP contribution >= 0.6 is 11.8 Å². The molecule has 0 amide bonds. The molecule has 1 atom stereocenters. The van der Waals surface area contributed by atoms with E-state index in [1.165, 1.54) is 11.8 Å². The number of thioether (sulfide) groups is 1. The molecular formula is C12H13N3OS. The predicted molar refractivity (Wildman–Crippen MR) is 67.8 cm³/mol. The van der Waals surface area contributed by atoms with E-state index in [2.05, 4.69) is 16.4 Å². The van der Waals surface area contributed by atoms with E-state index in [4.69, 9.17) is 9.68 Å². The van der Waals surface area contributed by atoms with Crippen molar-refractivity contribution in [3.05, 3.63) is 24.3 Å². The maximum atomic E-state index is 8.78. The van der Waals surface area contributed by atoms with Gasteiger partial charge in [-0.1, -0.05) is 23.9 Å². The number of nitriles is 1. The Morgan fingerprint density at radius 3 is 3.06 bits per heavy atom. The number of nitrogens with zero attached hydrogens (tertiary/aromatic N) is 2. The van der Waals surface area contributed by atoms with Crippen LogP contribution in [0.2, 0.25) is 0 Å². The summed E-state index contributed by atoms with van der Waals surface area (Å²) in [5.41, 5.74) is 1.68. The Balaban J connectivity index is 1.93. The van der Waals surface area contributed by atoms with E-state index in [9.17, 15) is 0 Å². The molecule has 5 heteroatoms. The second-order valence-corrected chi connectivity index (χ2v) is 4.60. The van der Waals surface area contributed by atoms with Crippen molar-refractivity contribution in [1.29, 1.82) is 5.26 Å². The molecule has 0 fully saturated rings. The lowest BCUT2D eigenvalue weighted by Crippen LogP contribution is -2.23. The van der Waals surface area contributed by atoms with E-state index in [1.807, 2.05) is 24.3 Å². The molecule has 2 rings (SSSR count). The van der Waals surface area contributed by atoms with Gasteiger partial charge in [0.2, 0.25) is 0 Å². The number of oxazole rings is 1. The lowest BCUT2D eigenvalue weighted by atomic mass is 10.3. The summed E-state index contributed by atoms with van der Waals surface area (Å²) in [6, 6.07) is 9.77. The van der Waals surface area contributed by atoms with Crippen LogP contribution in [0, 0.1) is 11.3 Å². The summed E-state index contributed by atoms with van der Waals surface area (Å²) >= 11 is 1.54. The van der Waals surface area contributed by atoms with Crippen LogP contribution < -0.4 is 5.32 Å². The average Bonchev–Trinajstić information content (AvgIpc) is 2.77. The summed E-state index contributed by atoms with van der Waals surface area (Å²) in [7, 11) is 1.79. The summed E-state index contributed by atoms with van der Waals surface area (Å²) in [6.07, 6.45) is 0.774. The highest BCUT2D eigenvalue weighted by atomic mass is 32.2. The number of fused-ring (bicyclic) bond motifs is 1. The molecule has 0 aliphatic carbocycles. The summed E-state index contributed by atoms with van der Waals surface area (Å²) < 4.78 is 5.57. The van der Waals surface area contributed by atoms with Gasteiger partial charge in [-0.2, -0.15) is 5.26 Å². The number of nitrogens with one attached hydrogen (secondary N) is 1. The molecule has 0 spiro atoms. The molecule has 17 heavy (non-hydrogen) atoms. The van der Waals surface area contributed by atoms with Gasteiger partial charge >= 0.3 is 0 Å². The van der Waals surface area contributed by atoms with E-state index >= 15 is 0 Å². The van der Waals surface area contributed by atoms with Crippen LogP contribution in [0.1, 0.15) is 6.42 Å². The average molecular weight is 247 g/mol. The zero-order valence-corrected chi connectivity index (χ0v) is 10.3. The Hall–Kier alpha value is -1.51. The largest absolute Gasteiger partial charge is 0.431 e. The van der Waals surface area contributed by atoms with Crippen LogP contribution in [-0.2, 0) is 0 Å². The Labute approximate surface area is 104 Å². The third-order valence-electron chi connectivity index (χ3n) is 2.41. The second kappa shape index (κ2) is 5.71. The van der Waals surface area contributed by atoms with Crippen LogP contribution in [0.3, 0.4) is 0 Å². The maximum absolute atomic E-state index is 8.78. The van der Waals surface area contributed by atoms with Crippen molar-refractivity contribution in [3.63, 3.8) is 0 Å². The monoisotopic (exact) mass is 247 g/mol. The molecule has 1 N–H and O–H groups in total.